The largest absolute Gasteiger partial charge is 0.343 e. The summed E-state index contributed by atoms with van der Waals surface area (Å²) in [7, 11) is 0. The van der Waals surface area contributed by atoms with Gasteiger partial charge in [0.1, 0.15) is 5.82 Å². The Morgan fingerprint density at radius 2 is 1.96 bits per heavy atom. The average molecular weight is 425 g/mol. The van der Waals surface area contributed by atoms with Gasteiger partial charge < -0.3 is 9.47 Å². The monoisotopic (exact) mass is 424 g/mol. The number of aromatic amines is 1. The van der Waals surface area contributed by atoms with E-state index in [2.05, 4.69) is 14.8 Å². The van der Waals surface area contributed by atoms with Crippen LogP contribution in [0.4, 0.5) is 0 Å². The van der Waals surface area contributed by atoms with E-state index in [1.165, 1.54) is 12.8 Å². The number of halogens is 2. The van der Waals surface area contributed by atoms with Crippen LogP contribution in [0, 0.1) is 4.77 Å². The summed E-state index contributed by atoms with van der Waals surface area (Å²) >= 11 is 17.7. The molecule has 1 N–H and O–H groups in total. The van der Waals surface area contributed by atoms with Gasteiger partial charge in [0, 0.05) is 31.5 Å². The first-order valence-electron chi connectivity index (χ1n) is 9.42. The van der Waals surface area contributed by atoms with Crippen LogP contribution in [0.1, 0.15) is 55.5 Å². The number of piperidine rings is 1. The molecule has 1 aliphatic carbocycles. The molecular weight excluding hydrogens is 403 g/mol. The molecule has 0 spiro atoms. The van der Waals surface area contributed by atoms with E-state index in [0.29, 0.717) is 34.8 Å². The Balaban J connectivity index is 1.33. The number of nitrogens with zero attached hydrogens (tertiary/aromatic N) is 3. The Morgan fingerprint density at radius 3 is 2.67 bits per heavy atom. The van der Waals surface area contributed by atoms with Crippen molar-refractivity contribution in [3.05, 3.63) is 44.4 Å². The first-order valence-corrected chi connectivity index (χ1v) is 10.6. The number of rotatable bonds is 5. The molecular formula is C19H22Cl2N4OS. The van der Waals surface area contributed by atoms with Crippen LogP contribution >= 0.6 is 35.4 Å². The molecule has 2 heterocycles. The van der Waals surface area contributed by atoms with Gasteiger partial charge in [-0.25, -0.2) is 0 Å². The van der Waals surface area contributed by atoms with Gasteiger partial charge in [0.15, 0.2) is 4.77 Å². The van der Waals surface area contributed by atoms with Gasteiger partial charge >= 0.3 is 0 Å². The summed E-state index contributed by atoms with van der Waals surface area (Å²) in [5.74, 6) is 1.61. The number of carbonyl (C=O) groups excluding carboxylic acids is 1. The fourth-order valence-electron chi connectivity index (χ4n) is 3.82. The standard InChI is InChI=1S/C19H22Cl2N4OS/c20-15-3-1-2-12(17(15)21)4-7-16(26)24-10-8-13(9-11-24)18-22-23-19(27)25(18)14-5-6-14/h1-3,13-14H,4-11H2,(H,23,27). The van der Waals surface area contributed by atoms with Crippen molar-refractivity contribution in [2.75, 3.05) is 13.1 Å². The van der Waals surface area contributed by atoms with Crippen molar-refractivity contribution in [2.45, 2.75) is 50.5 Å². The number of nitrogens with one attached hydrogen (secondary N) is 1. The van der Waals surface area contributed by atoms with Crippen LogP contribution in [0.25, 0.3) is 0 Å². The summed E-state index contributed by atoms with van der Waals surface area (Å²) in [6.45, 7) is 1.52. The first kappa shape index (κ1) is 19.0. The molecule has 1 saturated carbocycles. The number of aromatic nitrogens is 3. The minimum Gasteiger partial charge on any atom is -0.343 e. The molecule has 5 nitrogen and oxygen atoms in total. The molecule has 1 amide bonds. The Bertz CT molecular complexity index is 897. The zero-order valence-electron chi connectivity index (χ0n) is 15.0. The minimum absolute atomic E-state index is 0.172. The molecule has 2 fully saturated rings. The number of likely N-dealkylation sites (tertiary alicyclic amines) is 1. The van der Waals surface area contributed by atoms with E-state index < -0.39 is 0 Å². The Morgan fingerprint density at radius 1 is 1.22 bits per heavy atom. The zero-order valence-corrected chi connectivity index (χ0v) is 17.3. The van der Waals surface area contributed by atoms with Gasteiger partial charge in [-0.15, -0.1) is 0 Å². The molecule has 27 heavy (non-hydrogen) atoms. The number of hydrogen-bond acceptors (Lipinski definition) is 3. The lowest BCUT2D eigenvalue weighted by molar-refractivity contribution is -0.132. The van der Waals surface area contributed by atoms with Gasteiger partial charge in [0.25, 0.3) is 0 Å². The highest BCUT2D eigenvalue weighted by Crippen LogP contribution is 2.39. The normalized spacial score (nSPS) is 18.1. The fourth-order valence-corrected chi connectivity index (χ4v) is 4.52. The molecule has 1 aromatic heterocycles. The van der Waals surface area contributed by atoms with Gasteiger partial charge in [-0.2, -0.15) is 5.10 Å². The number of aryl methyl sites for hydroxylation is 1. The lowest BCUT2D eigenvalue weighted by Crippen LogP contribution is -2.38. The second-order valence-corrected chi connectivity index (χ2v) is 8.53. The van der Waals surface area contributed by atoms with E-state index in [1.54, 1.807) is 6.07 Å². The summed E-state index contributed by atoms with van der Waals surface area (Å²) in [5.41, 5.74) is 0.923. The van der Waals surface area contributed by atoms with Crippen molar-refractivity contribution >= 4 is 41.3 Å². The zero-order chi connectivity index (χ0) is 19.0. The average Bonchev–Trinajstić information content (AvgIpc) is 3.44. The molecule has 144 valence electrons. The molecule has 2 aromatic rings. The summed E-state index contributed by atoms with van der Waals surface area (Å²) in [4.78, 5) is 14.6. The van der Waals surface area contributed by atoms with Crippen molar-refractivity contribution < 1.29 is 4.79 Å². The van der Waals surface area contributed by atoms with Crippen LogP contribution in [0.3, 0.4) is 0 Å². The Hall–Kier alpha value is -1.37. The van der Waals surface area contributed by atoms with Crippen molar-refractivity contribution in [3.63, 3.8) is 0 Å². The first-order chi connectivity index (χ1) is 13.0. The minimum atomic E-state index is 0.172. The van der Waals surface area contributed by atoms with Gasteiger partial charge in [-0.3, -0.25) is 9.89 Å². The summed E-state index contributed by atoms with van der Waals surface area (Å²) < 4.78 is 2.92. The van der Waals surface area contributed by atoms with E-state index in [9.17, 15) is 4.79 Å². The van der Waals surface area contributed by atoms with E-state index in [0.717, 1.165) is 42.1 Å². The van der Waals surface area contributed by atoms with E-state index in [4.69, 9.17) is 35.4 Å². The van der Waals surface area contributed by atoms with Crippen molar-refractivity contribution in [3.8, 4) is 0 Å². The molecule has 0 unspecified atom stereocenters. The number of benzene rings is 1. The lowest BCUT2D eigenvalue weighted by atomic mass is 9.95. The molecule has 0 bridgehead atoms. The number of amides is 1. The Labute approximate surface area is 173 Å². The number of hydrogen-bond donors (Lipinski definition) is 1. The molecule has 8 heteroatoms. The molecule has 0 atom stereocenters. The second kappa shape index (κ2) is 7.94. The van der Waals surface area contributed by atoms with Crippen molar-refractivity contribution in [1.29, 1.82) is 0 Å². The SMILES string of the molecule is O=C(CCc1cccc(Cl)c1Cl)N1CCC(c2n[nH]c(=S)n2C2CC2)CC1. The third-order valence-electron chi connectivity index (χ3n) is 5.50. The molecule has 0 radical (unpaired) electrons. The number of carbonyl (C=O) groups is 1. The summed E-state index contributed by atoms with van der Waals surface area (Å²) in [5, 5.41) is 8.51. The lowest BCUT2D eigenvalue weighted by Gasteiger charge is -2.32. The summed E-state index contributed by atoms with van der Waals surface area (Å²) in [6.07, 6.45) is 5.28. The van der Waals surface area contributed by atoms with Crippen LogP contribution < -0.4 is 0 Å². The summed E-state index contributed by atoms with van der Waals surface area (Å²) in [6, 6.07) is 6.07. The van der Waals surface area contributed by atoms with Crippen molar-refractivity contribution in [2.24, 2.45) is 0 Å². The maximum Gasteiger partial charge on any atom is 0.222 e. The predicted molar refractivity (Wildman–Crippen MR) is 109 cm³/mol. The highest BCUT2D eigenvalue weighted by molar-refractivity contribution is 7.71. The van der Waals surface area contributed by atoms with Gasteiger partial charge in [0.05, 0.1) is 10.0 Å². The maximum absolute atomic E-state index is 12.6. The van der Waals surface area contributed by atoms with Gasteiger partial charge in [-0.1, -0.05) is 35.3 Å². The van der Waals surface area contributed by atoms with Crippen LogP contribution in [0.5, 0.6) is 0 Å². The predicted octanol–water partition coefficient (Wildman–Crippen LogP) is 4.92. The van der Waals surface area contributed by atoms with Gasteiger partial charge in [-0.05, 0) is 56.0 Å². The van der Waals surface area contributed by atoms with Crippen LogP contribution in [0.2, 0.25) is 10.0 Å². The highest BCUT2D eigenvalue weighted by Gasteiger charge is 2.32. The Kier molecular flexibility index (Phi) is 5.58. The third kappa shape index (κ3) is 4.08. The van der Waals surface area contributed by atoms with E-state index in [-0.39, 0.29) is 5.91 Å². The smallest absolute Gasteiger partial charge is 0.222 e. The molecule has 1 aromatic carbocycles. The van der Waals surface area contributed by atoms with Crippen LogP contribution in [0.15, 0.2) is 18.2 Å². The quantitative estimate of drug-likeness (QED) is 0.692. The topological polar surface area (TPSA) is 53.9 Å². The second-order valence-electron chi connectivity index (χ2n) is 7.36. The molecule has 1 aliphatic heterocycles. The van der Waals surface area contributed by atoms with Crippen molar-refractivity contribution in [1.82, 2.24) is 19.7 Å². The van der Waals surface area contributed by atoms with E-state index >= 15 is 0 Å². The fraction of sp³-hybridized carbons (Fsp3) is 0.526. The molecule has 4 rings (SSSR count). The molecule has 2 aliphatic rings. The van der Waals surface area contributed by atoms with Crippen LogP contribution in [-0.2, 0) is 11.2 Å². The van der Waals surface area contributed by atoms with Gasteiger partial charge in [0.2, 0.25) is 5.91 Å². The highest BCUT2D eigenvalue weighted by atomic mass is 35.5. The maximum atomic E-state index is 12.6. The van der Waals surface area contributed by atoms with E-state index in [1.807, 2.05) is 17.0 Å². The number of H-pyrrole nitrogens is 1. The van der Waals surface area contributed by atoms with Crippen LogP contribution in [-0.4, -0.2) is 38.7 Å². The third-order valence-corrected chi connectivity index (χ3v) is 6.64. The molecule has 1 saturated heterocycles.